The number of imidazole rings is 1. The van der Waals surface area contributed by atoms with E-state index in [1.807, 2.05) is 46.9 Å². The van der Waals surface area contributed by atoms with E-state index in [4.69, 9.17) is 0 Å². The number of alkyl halides is 1. The molecule has 0 unspecified atom stereocenters. The Hall–Kier alpha value is -3.45. The highest BCUT2D eigenvalue weighted by molar-refractivity contribution is 9.09. The third-order valence-electron chi connectivity index (χ3n) is 4.64. The van der Waals surface area contributed by atoms with Crippen molar-refractivity contribution in [2.24, 2.45) is 0 Å². The number of aromatic nitrogens is 3. The summed E-state index contributed by atoms with van der Waals surface area (Å²) < 4.78 is 1.99. The van der Waals surface area contributed by atoms with Gasteiger partial charge in [-0.2, -0.15) is 0 Å². The number of halogens is 1. The Morgan fingerprint density at radius 2 is 2.03 bits per heavy atom. The monoisotopic (exact) mass is 461 g/mol. The van der Waals surface area contributed by atoms with Crippen molar-refractivity contribution in [3.8, 4) is 11.3 Å². The summed E-state index contributed by atoms with van der Waals surface area (Å²) in [5, 5.41) is 6.90. The second-order valence-electron chi connectivity index (χ2n) is 6.71. The standard InChI is InChI=1S/C23H20BrN5O/c1-16-6-2-3-9-19(16)28-23-21-13-25-15-29(21)20(14-26-23)17-7-4-8-18(12-17)27-22(30)10-5-11-24/h2-10,12-15H,11H2,1H3,(H,26,28)(H,27,30)/b10-5+. The molecule has 0 aliphatic rings. The minimum atomic E-state index is -0.171. The van der Waals surface area contributed by atoms with Crippen molar-refractivity contribution >= 4 is 44.5 Å². The lowest BCUT2D eigenvalue weighted by Crippen LogP contribution is -2.08. The molecule has 2 heterocycles. The van der Waals surface area contributed by atoms with Crippen LogP contribution >= 0.6 is 15.9 Å². The van der Waals surface area contributed by atoms with Crippen LogP contribution in [0.4, 0.5) is 17.2 Å². The van der Waals surface area contributed by atoms with Gasteiger partial charge >= 0.3 is 0 Å². The molecule has 0 aliphatic carbocycles. The van der Waals surface area contributed by atoms with Crippen LogP contribution in [0.2, 0.25) is 0 Å². The molecular weight excluding hydrogens is 442 g/mol. The van der Waals surface area contributed by atoms with Crippen molar-refractivity contribution < 1.29 is 4.79 Å². The van der Waals surface area contributed by atoms with Crippen molar-refractivity contribution in [1.82, 2.24) is 14.4 Å². The number of hydrogen-bond donors (Lipinski definition) is 2. The van der Waals surface area contributed by atoms with E-state index in [0.29, 0.717) is 11.0 Å². The number of allylic oxidation sites excluding steroid dienone is 1. The van der Waals surface area contributed by atoms with Gasteiger partial charge in [0.25, 0.3) is 0 Å². The number of nitrogens with zero attached hydrogens (tertiary/aromatic N) is 3. The number of nitrogens with one attached hydrogen (secondary N) is 2. The normalized spacial score (nSPS) is 11.1. The van der Waals surface area contributed by atoms with Crippen LogP contribution in [0.15, 0.2) is 79.4 Å². The van der Waals surface area contributed by atoms with E-state index in [-0.39, 0.29) is 5.91 Å². The van der Waals surface area contributed by atoms with Crippen molar-refractivity contribution in [2.75, 3.05) is 16.0 Å². The number of carbonyl (C=O) groups is 1. The number of rotatable bonds is 6. The molecule has 150 valence electrons. The number of amides is 1. The van der Waals surface area contributed by atoms with Crippen LogP contribution in [-0.2, 0) is 4.79 Å². The van der Waals surface area contributed by atoms with Gasteiger partial charge in [-0.25, -0.2) is 9.97 Å². The fraction of sp³-hybridized carbons (Fsp3) is 0.0870. The highest BCUT2D eigenvalue weighted by Crippen LogP contribution is 2.28. The van der Waals surface area contributed by atoms with E-state index in [9.17, 15) is 4.79 Å². The molecule has 0 spiro atoms. The summed E-state index contributed by atoms with van der Waals surface area (Å²) in [6.45, 7) is 2.05. The molecular formula is C23H20BrN5O. The molecule has 0 atom stereocenters. The largest absolute Gasteiger partial charge is 0.338 e. The number of benzene rings is 2. The zero-order chi connectivity index (χ0) is 20.9. The third-order valence-corrected chi connectivity index (χ3v) is 5.01. The van der Waals surface area contributed by atoms with Gasteiger partial charge in [0, 0.05) is 28.3 Å². The molecule has 0 radical (unpaired) electrons. The van der Waals surface area contributed by atoms with Crippen molar-refractivity contribution in [3.05, 3.63) is 85.0 Å². The predicted octanol–water partition coefficient (Wildman–Crippen LogP) is 5.34. The number of para-hydroxylation sites is 1. The molecule has 0 aliphatic heterocycles. The number of fused-ring (bicyclic) bond motifs is 1. The molecule has 4 rings (SSSR count). The van der Waals surface area contributed by atoms with Crippen LogP contribution in [0.5, 0.6) is 0 Å². The number of hydrogen-bond acceptors (Lipinski definition) is 4. The van der Waals surface area contributed by atoms with Gasteiger partial charge in [-0.3, -0.25) is 9.20 Å². The number of carbonyl (C=O) groups excluding carboxylic acids is 1. The SMILES string of the molecule is Cc1ccccc1Nc1ncc(-c2cccc(NC(=O)/C=C/CBr)c2)n2cncc12. The zero-order valence-corrected chi connectivity index (χ0v) is 17.9. The summed E-state index contributed by atoms with van der Waals surface area (Å²) in [7, 11) is 0. The summed E-state index contributed by atoms with van der Waals surface area (Å²) in [5.74, 6) is 0.560. The number of anilines is 3. The summed E-state index contributed by atoms with van der Waals surface area (Å²) in [6, 6.07) is 15.7. The molecule has 7 heteroatoms. The molecule has 2 N–H and O–H groups in total. The fourth-order valence-electron chi connectivity index (χ4n) is 3.16. The van der Waals surface area contributed by atoms with Crippen LogP contribution in [0.1, 0.15) is 5.56 Å². The first kappa shape index (κ1) is 19.8. The smallest absolute Gasteiger partial charge is 0.248 e. The van der Waals surface area contributed by atoms with E-state index in [1.54, 1.807) is 24.8 Å². The second kappa shape index (κ2) is 8.92. The molecule has 0 saturated carbocycles. The molecule has 0 saturated heterocycles. The summed E-state index contributed by atoms with van der Waals surface area (Å²) in [6.07, 6.45) is 8.61. The van der Waals surface area contributed by atoms with E-state index in [2.05, 4.69) is 49.5 Å². The highest BCUT2D eigenvalue weighted by atomic mass is 79.9. The van der Waals surface area contributed by atoms with Crippen LogP contribution in [-0.4, -0.2) is 25.6 Å². The van der Waals surface area contributed by atoms with Crippen LogP contribution in [0.3, 0.4) is 0 Å². The van der Waals surface area contributed by atoms with Gasteiger partial charge in [-0.1, -0.05) is 52.3 Å². The maximum Gasteiger partial charge on any atom is 0.248 e. The summed E-state index contributed by atoms with van der Waals surface area (Å²) in [5.41, 5.74) is 5.53. The Bertz CT molecular complexity index is 1230. The summed E-state index contributed by atoms with van der Waals surface area (Å²) >= 11 is 3.27. The molecule has 0 fully saturated rings. The van der Waals surface area contributed by atoms with Crippen LogP contribution in [0.25, 0.3) is 16.8 Å². The van der Waals surface area contributed by atoms with Gasteiger partial charge in [-0.05, 0) is 30.7 Å². The van der Waals surface area contributed by atoms with E-state index in [1.165, 1.54) is 6.08 Å². The van der Waals surface area contributed by atoms with E-state index in [0.717, 1.165) is 33.8 Å². The molecule has 4 aromatic rings. The van der Waals surface area contributed by atoms with Gasteiger partial charge in [0.05, 0.1) is 24.4 Å². The quantitative estimate of drug-likeness (QED) is 0.300. The van der Waals surface area contributed by atoms with Gasteiger partial charge in [0.1, 0.15) is 5.52 Å². The molecule has 30 heavy (non-hydrogen) atoms. The number of aryl methyl sites for hydroxylation is 1. The molecule has 2 aromatic heterocycles. The third kappa shape index (κ3) is 4.26. The highest BCUT2D eigenvalue weighted by Gasteiger charge is 2.11. The van der Waals surface area contributed by atoms with Crippen LogP contribution < -0.4 is 10.6 Å². The van der Waals surface area contributed by atoms with Gasteiger partial charge in [0.2, 0.25) is 5.91 Å². The van der Waals surface area contributed by atoms with Gasteiger partial charge in [-0.15, -0.1) is 0 Å². The lowest BCUT2D eigenvalue weighted by molar-refractivity contribution is -0.111. The Morgan fingerprint density at radius 1 is 1.17 bits per heavy atom. The van der Waals surface area contributed by atoms with Gasteiger partial charge in [0.15, 0.2) is 5.82 Å². The summed E-state index contributed by atoms with van der Waals surface area (Å²) in [4.78, 5) is 20.9. The fourth-order valence-corrected chi connectivity index (χ4v) is 3.35. The van der Waals surface area contributed by atoms with Crippen molar-refractivity contribution in [2.45, 2.75) is 6.92 Å². The van der Waals surface area contributed by atoms with Crippen molar-refractivity contribution in [3.63, 3.8) is 0 Å². The first-order valence-corrected chi connectivity index (χ1v) is 10.6. The Balaban J connectivity index is 1.67. The van der Waals surface area contributed by atoms with E-state index >= 15 is 0 Å². The average molecular weight is 462 g/mol. The van der Waals surface area contributed by atoms with Crippen LogP contribution in [0, 0.1) is 6.92 Å². The molecule has 1 amide bonds. The topological polar surface area (TPSA) is 71.3 Å². The zero-order valence-electron chi connectivity index (χ0n) is 16.3. The minimum Gasteiger partial charge on any atom is -0.338 e. The van der Waals surface area contributed by atoms with E-state index < -0.39 is 0 Å². The second-order valence-corrected chi connectivity index (χ2v) is 7.36. The Labute approximate surface area is 182 Å². The molecule has 6 nitrogen and oxygen atoms in total. The maximum atomic E-state index is 12.0. The first-order chi connectivity index (χ1) is 14.7. The maximum absolute atomic E-state index is 12.0. The lowest BCUT2D eigenvalue weighted by atomic mass is 10.1. The minimum absolute atomic E-state index is 0.171. The van der Waals surface area contributed by atoms with Gasteiger partial charge < -0.3 is 10.6 Å². The molecule has 0 bridgehead atoms. The lowest BCUT2D eigenvalue weighted by Gasteiger charge is -2.13. The molecule has 2 aromatic carbocycles. The Kier molecular flexibility index (Phi) is 5.90. The Morgan fingerprint density at radius 3 is 2.87 bits per heavy atom. The first-order valence-electron chi connectivity index (χ1n) is 9.43. The predicted molar refractivity (Wildman–Crippen MR) is 124 cm³/mol. The van der Waals surface area contributed by atoms with Crippen molar-refractivity contribution in [1.29, 1.82) is 0 Å². The average Bonchev–Trinajstić information content (AvgIpc) is 3.24.